The fourth-order valence-corrected chi connectivity index (χ4v) is 3.58. The number of hydrogen-bond acceptors (Lipinski definition) is 7. The highest BCUT2D eigenvalue weighted by Crippen LogP contribution is 2.25. The lowest BCUT2D eigenvalue weighted by atomic mass is 10.0. The molecule has 174 valence electrons. The number of amides is 1. The van der Waals surface area contributed by atoms with Crippen molar-refractivity contribution in [2.24, 2.45) is 5.10 Å². The van der Waals surface area contributed by atoms with Gasteiger partial charge in [-0.3, -0.25) is 14.9 Å². The van der Waals surface area contributed by atoms with E-state index in [1.165, 1.54) is 18.3 Å². The average Bonchev–Trinajstić information content (AvgIpc) is 3.35. The molecule has 0 radical (unpaired) electrons. The smallest absolute Gasteiger partial charge is 0.270 e. The number of carbonyl (C=O) groups excluding carboxylic acids is 1. The highest BCUT2D eigenvalue weighted by Gasteiger charge is 2.30. The van der Waals surface area contributed by atoms with Crippen LogP contribution in [0.5, 0.6) is 5.75 Å². The van der Waals surface area contributed by atoms with Crippen LogP contribution in [0.3, 0.4) is 0 Å². The van der Waals surface area contributed by atoms with Crippen molar-refractivity contribution in [2.45, 2.75) is 25.1 Å². The van der Waals surface area contributed by atoms with Crippen molar-refractivity contribution in [1.82, 2.24) is 16.3 Å². The van der Waals surface area contributed by atoms with Crippen LogP contribution >= 0.6 is 11.6 Å². The molecule has 3 N–H and O–H groups in total. The number of ether oxygens (including phenoxy) is 1. The Kier molecular flexibility index (Phi) is 7.48. The lowest BCUT2D eigenvalue weighted by Gasteiger charge is -2.11. The molecule has 0 bridgehead atoms. The van der Waals surface area contributed by atoms with E-state index >= 15 is 0 Å². The molecule has 1 saturated heterocycles. The predicted molar refractivity (Wildman–Crippen MR) is 128 cm³/mol. The highest BCUT2D eigenvalue weighted by molar-refractivity contribution is 6.30. The van der Waals surface area contributed by atoms with Crippen molar-refractivity contribution in [3.63, 3.8) is 0 Å². The molecule has 0 saturated carbocycles. The van der Waals surface area contributed by atoms with Gasteiger partial charge in [0.2, 0.25) is 0 Å². The third kappa shape index (κ3) is 6.16. The van der Waals surface area contributed by atoms with Crippen molar-refractivity contribution in [3.05, 3.63) is 105 Å². The number of nitro groups is 1. The van der Waals surface area contributed by atoms with Gasteiger partial charge in [0.05, 0.1) is 11.1 Å². The first kappa shape index (κ1) is 23.4. The quantitative estimate of drug-likeness (QED) is 0.256. The monoisotopic (exact) mass is 479 g/mol. The molecule has 1 fully saturated rings. The molecule has 3 aromatic rings. The van der Waals surface area contributed by atoms with Gasteiger partial charge in [-0.1, -0.05) is 48.0 Å². The molecule has 1 amide bonds. The minimum absolute atomic E-state index is 0.0406. The van der Waals surface area contributed by atoms with E-state index in [2.05, 4.69) is 21.4 Å². The lowest BCUT2D eigenvalue weighted by molar-refractivity contribution is -0.384. The Balaban J connectivity index is 1.26. The zero-order valence-corrected chi connectivity index (χ0v) is 18.7. The van der Waals surface area contributed by atoms with Gasteiger partial charge in [-0.25, -0.2) is 16.3 Å². The molecule has 0 aromatic heterocycles. The Morgan fingerprint density at radius 1 is 1.15 bits per heavy atom. The summed E-state index contributed by atoms with van der Waals surface area (Å²) in [4.78, 5) is 22.8. The number of hydrogen-bond donors (Lipinski definition) is 3. The van der Waals surface area contributed by atoms with Crippen molar-refractivity contribution < 1.29 is 14.5 Å². The number of nitro benzene ring substituents is 1. The molecular formula is C24H22ClN5O4. The van der Waals surface area contributed by atoms with E-state index in [0.717, 1.165) is 16.9 Å². The van der Waals surface area contributed by atoms with Gasteiger partial charge in [0, 0.05) is 28.8 Å². The summed E-state index contributed by atoms with van der Waals surface area (Å²) < 4.78 is 5.81. The van der Waals surface area contributed by atoms with E-state index in [0.29, 0.717) is 23.6 Å². The molecule has 2 unspecified atom stereocenters. The summed E-state index contributed by atoms with van der Waals surface area (Å²) in [5.74, 6) is 0.439. The number of hydrazone groups is 1. The number of nitrogens with zero attached hydrogens (tertiary/aromatic N) is 2. The summed E-state index contributed by atoms with van der Waals surface area (Å²) >= 11 is 5.90. The first-order chi connectivity index (χ1) is 16.5. The van der Waals surface area contributed by atoms with E-state index in [1.807, 2.05) is 48.5 Å². The molecule has 34 heavy (non-hydrogen) atoms. The van der Waals surface area contributed by atoms with Gasteiger partial charge in [0.1, 0.15) is 18.4 Å². The maximum Gasteiger partial charge on any atom is 0.270 e. The molecule has 1 aliphatic rings. The molecule has 0 spiro atoms. The average molecular weight is 480 g/mol. The Morgan fingerprint density at radius 2 is 1.91 bits per heavy atom. The summed E-state index contributed by atoms with van der Waals surface area (Å²) in [6, 6.07) is 20.7. The summed E-state index contributed by atoms with van der Waals surface area (Å²) in [6.07, 6.45) is 1.90. The van der Waals surface area contributed by atoms with Crippen molar-refractivity contribution in [2.75, 3.05) is 0 Å². The Hall–Kier alpha value is -3.79. The zero-order valence-electron chi connectivity index (χ0n) is 18.0. The Bertz CT molecular complexity index is 1180. The Morgan fingerprint density at radius 3 is 2.65 bits per heavy atom. The number of rotatable bonds is 8. The summed E-state index contributed by atoms with van der Waals surface area (Å²) in [5, 5.41) is 15.4. The highest BCUT2D eigenvalue weighted by atomic mass is 35.5. The summed E-state index contributed by atoms with van der Waals surface area (Å²) in [6.45, 7) is 0.443. The normalized spacial score (nSPS) is 17.6. The van der Waals surface area contributed by atoms with Gasteiger partial charge in [-0.05, 0) is 41.8 Å². The summed E-state index contributed by atoms with van der Waals surface area (Å²) in [5.41, 5.74) is 11.1. The van der Waals surface area contributed by atoms with Crippen molar-refractivity contribution in [3.8, 4) is 5.75 Å². The van der Waals surface area contributed by atoms with Crippen LogP contribution in [0.25, 0.3) is 0 Å². The van der Waals surface area contributed by atoms with Gasteiger partial charge in [-0.2, -0.15) is 5.10 Å². The first-order valence-corrected chi connectivity index (χ1v) is 10.9. The van der Waals surface area contributed by atoms with E-state index in [1.54, 1.807) is 12.1 Å². The van der Waals surface area contributed by atoms with E-state index in [4.69, 9.17) is 16.3 Å². The van der Waals surface area contributed by atoms with Gasteiger partial charge >= 0.3 is 0 Å². The fraction of sp³-hybridized carbons (Fsp3) is 0.167. The van der Waals surface area contributed by atoms with Crippen LogP contribution in [0.4, 0.5) is 5.69 Å². The third-order valence-electron chi connectivity index (χ3n) is 5.29. The van der Waals surface area contributed by atoms with Gasteiger partial charge in [0.15, 0.2) is 0 Å². The molecule has 1 heterocycles. The molecule has 10 heteroatoms. The summed E-state index contributed by atoms with van der Waals surface area (Å²) in [7, 11) is 0. The second-order valence-electron chi connectivity index (χ2n) is 7.70. The number of halogens is 1. The van der Waals surface area contributed by atoms with Crippen LogP contribution in [-0.4, -0.2) is 23.1 Å². The van der Waals surface area contributed by atoms with Crippen LogP contribution in [0.1, 0.15) is 29.2 Å². The van der Waals surface area contributed by atoms with Gasteiger partial charge < -0.3 is 4.74 Å². The SMILES string of the molecule is O=C(N/N=C/c1cccc([N+](=O)[O-])c1)C1CC(c2ccc(OCc3ccc(Cl)cc3)cc2)NN1. The van der Waals surface area contributed by atoms with Crippen LogP contribution in [0.15, 0.2) is 77.9 Å². The maximum absolute atomic E-state index is 12.4. The molecule has 2 atom stereocenters. The van der Waals surface area contributed by atoms with Crippen molar-refractivity contribution >= 4 is 29.4 Å². The molecule has 0 aliphatic carbocycles. The second-order valence-corrected chi connectivity index (χ2v) is 8.14. The molecular weight excluding hydrogens is 458 g/mol. The number of carbonyl (C=O) groups is 1. The standard InChI is InChI=1S/C24H22ClN5O4/c25-19-8-4-16(5-9-19)15-34-21-10-6-18(7-11-21)22-13-23(28-27-22)24(31)29-26-14-17-2-1-3-20(12-17)30(32)33/h1-12,14,22-23,27-28H,13,15H2,(H,29,31)/b26-14+. The number of hydrazine groups is 1. The van der Waals surface area contributed by atoms with Gasteiger partial charge in [0.25, 0.3) is 11.6 Å². The van der Waals surface area contributed by atoms with Crippen LogP contribution in [0.2, 0.25) is 5.02 Å². The number of non-ortho nitro benzene ring substituents is 1. The largest absolute Gasteiger partial charge is 0.489 e. The number of benzene rings is 3. The molecule has 1 aliphatic heterocycles. The van der Waals surface area contributed by atoms with Gasteiger partial charge in [-0.15, -0.1) is 0 Å². The third-order valence-corrected chi connectivity index (χ3v) is 5.54. The molecule has 3 aromatic carbocycles. The minimum Gasteiger partial charge on any atom is -0.489 e. The van der Waals surface area contributed by atoms with Crippen LogP contribution < -0.4 is 21.0 Å². The first-order valence-electron chi connectivity index (χ1n) is 10.5. The molecule has 4 rings (SSSR count). The van der Waals surface area contributed by atoms with Crippen LogP contribution in [0, 0.1) is 10.1 Å². The van der Waals surface area contributed by atoms with E-state index in [9.17, 15) is 14.9 Å². The maximum atomic E-state index is 12.4. The lowest BCUT2D eigenvalue weighted by Crippen LogP contribution is -2.41. The second kappa shape index (κ2) is 10.9. The minimum atomic E-state index is -0.484. The molecule has 9 nitrogen and oxygen atoms in total. The Labute approximate surface area is 200 Å². The van der Waals surface area contributed by atoms with E-state index in [-0.39, 0.29) is 17.6 Å². The number of nitrogens with one attached hydrogen (secondary N) is 3. The van der Waals surface area contributed by atoms with Crippen molar-refractivity contribution in [1.29, 1.82) is 0 Å². The topological polar surface area (TPSA) is 118 Å². The fourth-order valence-electron chi connectivity index (χ4n) is 3.46. The van der Waals surface area contributed by atoms with Crippen LogP contribution in [-0.2, 0) is 11.4 Å². The van der Waals surface area contributed by atoms with E-state index < -0.39 is 11.0 Å². The zero-order chi connectivity index (χ0) is 23.9. The predicted octanol–water partition coefficient (Wildman–Crippen LogP) is 3.89.